The van der Waals surface area contributed by atoms with Crippen LogP contribution in [0.5, 0.6) is 0 Å². The lowest BCUT2D eigenvalue weighted by Crippen LogP contribution is -2.33. The van der Waals surface area contributed by atoms with E-state index < -0.39 is 0 Å². The van der Waals surface area contributed by atoms with Gasteiger partial charge in [0, 0.05) is 42.9 Å². The number of halogens is 1. The van der Waals surface area contributed by atoms with E-state index in [1.54, 1.807) is 0 Å². The van der Waals surface area contributed by atoms with Crippen molar-refractivity contribution in [3.8, 4) is 0 Å². The van der Waals surface area contributed by atoms with Gasteiger partial charge in [-0.1, -0.05) is 54.9 Å². The number of thiocarbonyl (C=S) groups is 1. The van der Waals surface area contributed by atoms with Crippen molar-refractivity contribution in [1.82, 2.24) is 14.9 Å². The van der Waals surface area contributed by atoms with E-state index in [0.29, 0.717) is 5.11 Å². The van der Waals surface area contributed by atoms with Gasteiger partial charge < -0.3 is 19.7 Å². The molecule has 0 aliphatic carbocycles. The number of hydrogen-bond donors (Lipinski definition) is 1. The van der Waals surface area contributed by atoms with Crippen molar-refractivity contribution >= 4 is 40.3 Å². The van der Waals surface area contributed by atoms with Crippen LogP contribution in [0.2, 0.25) is 5.02 Å². The van der Waals surface area contributed by atoms with Crippen LogP contribution in [0.1, 0.15) is 60.1 Å². The lowest BCUT2D eigenvalue weighted by Gasteiger charge is -2.33. The van der Waals surface area contributed by atoms with E-state index in [4.69, 9.17) is 28.8 Å². The first-order valence-electron chi connectivity index (χ1n) is 14.2. The Hall–Kier alpha value is -3.35. The normalized spacial score (nSPS) is 19.8. The fourth-order valence-electron chi connectivity index (χ4n) is 6.24. The summed E-state index contributed by atoms with van der Waals surface area (Å²) in [7, 11) is 0. The van der Waals surface area contributed by atoms with Gasteiger partial charge in [0.1, 0.15) is 0 Å². The summed E-state index contributed by atoms with van der Waals surface area (Å²) in [6.45, 7) is 9.65. The molecule has 2 saturated heterocycles. The minimum atomic E-state index is -0.0959. The van der Waals surface area contributed by atoms with Crippen LogP contribution in [-0.2, 0) is 6.54 Å². The monoisotopic (exact) mass is 569 g/mol. The summed E-state index contributed by atoms with van der Waals surface area (Å²) in [5.41, 5.74) is 8.04. The second kappa shape index (κ2) is 11.3. The minimum Gasteiger partial charge on any atom is -0.370 e. The largest absolute Gasteiger partial charge is 0.370 e. The van der Waals surface area contributed by atoms with Crippen molar-refractivity contribution < 1.29 is 0 Å². The number of piperidine rings is 1. The molecule has 0 amide bonds. The predicted octanol–water partition coefficient (Wildman–Crippen LogP) is 7.62. The molecule has 2 fully saturated rings. The van der Waals surface area contributed by atoms with Crippen LogP contribution in [-0.4, -0.2) is 27.8 Å². The van der Waals surface area contributed by atoms with Gasteiger partial charge in [0.15, 0.2) is 5.11 Å². The first-order chi connectivity index (χ1) is 19.4. The Kier molecular flexibility index (Phi) is 7.56. The highest BCUT2D eigenvalue weighted by Crippen LogP contribution is 2.45. The van der Waals surface area contributed by atoms with Crippen molar-refractivity contribution in [2.75, 3.05) is 22.9 Å². The Labute approximate surface area is 247 Å². The number of rotatable bonds is 6. The zero-order valence-corrected chi connectivity index (χ0v) is 24.9. The van der Waals surface area contributed by atoms with Gasteiger partial charge in [-0.25, -0.2) is 0 Å². The molecular formula is C33H36ClN5S. The van der Waals surface area contributed by atoms with E-state index in [0.717, 1.165) is 47.6 Å². The Balaban J connectivity index is 1.40. The molecule has 2 aromatic heterocycles. The predicted molar refractivity (Wildman–Crippen MR) is 169 cm³/mol. The molecule has 0 bridgehead atoms. The van der Waals surface area contributed by atoms with Crippen LogP contribution in [0, 0.1) is 19.8 Å². The van der Waals surface area contributed by atoms with Crippen molar-refractivity contribution in [2.45, 2.75) is 52.2 Å². The maximum Gasteiger partial charge on any atom is 0.174 e. The first kappa shape index (κ1) is 26.9. The Bertz CT molecular complexity index is 1490. The molecular weight excluding hydrogens is 534 g/mol. The topological polar surface area (TPSA) is 36.3 Å². The lowest BCUT2D eigenvalue weighted by atomic mass is 9.96. The zero-order chi connectivity index (χ0) is 27.8. The standard InChI is InChI=1S/C33H36ClN5S/c1-22-14-17-37(18-15-22)30-13-12-26(20-28(30)34)39-32(31(36-33(39)40)29-11-7-8-16-35-29)27-19-23(2)38(24(27)3)21-25-9-5-4-6-10-25/h4-13,16,19-20,22,31-32H,14-15,17-18,21H2,1-3H3,(H,36,40). The average molecular weight is 570 g/mol. The third kappa shape index (κ3) is 5.11. The van der Waals surface area contributed by atoms with E-state index in [9.17, 15) is 0 Å². The SMILES string of the molecule is Cc1cc(C2C(c3ccccn3)NC(=S)N2c2ccc(N3CCC(C)CC3)c(Cl)c2)c(C)n1Cc1ccccc1. The summed E-state index contributed by atoms with van der Waals surface area (Å²) in [4.78, 5) is 9.38. The summed E-state index contributed by atoms with van der Waals surface area (Å²) < 4.78 is 2.40. The molecule has 0 radical (unpaired) electrons. The van der Waals surface area contributed by atoms with E-state index in [1.165, 1.54) is 35.4 Å². The highest BCUT2D eigenvalue weighted by atomic mass is 35.5. The number of aromatic nitrogens is 2. The van der Waals surface area contributed by atoms with Gasteiger partial charge in [-0.05, 0) is 92.4 Å². The molecule has 2 aliphatic heterocycles. The van der Waals surface area contributed by atoms with Gasteiger partial charge in [0.05, 0.1) is 28.5 Å². The van der Waals surface area contributed by atoms with Crippen molar-refractivity contribution in [3.05, 3.63) is 112 Å². The van der Waals surface area contributed by atoms with Crippen molar-refractivity contribution in [1.29, 1.82) is 0 Å². The summed E-state index contributed by atoms with van der Waals surface area (Å²) in [6, 6.07) is 25.3. The smallest absolute Gasteiger partial charge is 0.174 e. The quantitative estimate of drug-likeness (QED) is 0.242. The van der Waals surface area contributed by atoms with Crippen LogP contribution in [0.4, 0.5) is 11.4 Å². The van der Waals surface area contributed by atoms with Gasteiger partial charge >= 0.3 is 0 Å². The highest BCUT2D eigenvalue weighted by Gasteiger charge is 2.42. The maximum absolute atomic E-state index is 6.97. The number of nitrogens with zero attached hydrogens (tertiary/aromatic N) is 4. The number of aryl methyl sites for hydroxylation is 1. The molecule has 7 heteroatoms. The second-order valence-corrected chi connectivity index (χ2v) is 12.0. The Morgan fingerprint density at radius 3 is 2.42 bits per heavy atom. The van der Waals surface area contributed by atoms with Crippen molar-refractivity contribution in [3.63, 3.8) is 0 Å². The molecule has 2 aromatic carbocycles. The number of benzene rings is 2. The molecule has 1 N–H and O–H groups in total. The van der Waals surface area contributed by atoms with Gasteiger partial charge in [0.25, 0.3) is 0 Å². The third-order valence-corrected chi connectivity index (χ3v) is 9.16. The summed E-state index contributed by atoms with van der Waals surface area (Å²) in [5, 5.41) is 5.06. The molecule has 0 saturated carbocycles. The van der Waals surface area contributed by atoms with Crippen LogP contribution >= 0.6 is 23.8 Å². The van der Waals surface area contributed by atoms with E-state index >= 15 is 0 Å². The molecule has 2 atom stereocenters. The molecule has 5 nitrogen and oxygen atoms in total. The number of nitrogens with one attached hydrogen (secondary N) is 1. The van der Waals surface area contributed by atoms with Gasteiger partial charge in [-0.15, -0.1) is 0 Å². The molecule has 4 heterocycles. The number of hydrogen-bond acceptors (Lipinski definition) is 3. The van der Waals surface area contributed by atoms with Crippen LogP contribution in [0.15, 0.2) is 79.0 Å². The van der Waals surface area contributed by atoms with Gasteiger partial charge in [-0.3, -0.25) is 4.98 Å². The summed E-state index contributed by atoms with van der Waals surface area (Å²) in [5.74, 6) is 0.771. The molecule has 40 heavy (non-hydrogen) atoms. The maximum atomic E-state index is 6.97. The lowest BCUT2D eigenvalue weighted by molar-refractivity contribution is 0.438. The Morgan fingerprint density at radius 2 is 1.73 bits per heavy atom. The summed E-state index contributed by atoms with van der Waals surface area (Å²) in [6.07, 6.45) is 4.25. The molecule has 6 rings (SSSR count). The van der Waals surface area contributed by atoms with Crippen molar-refractivity contribution in [2.24, 2.45) is 5.92 Å². The van der Waals surface area contributed by atoms with Gasteiger partial charge in [0.2, 0.25) is 0 Å². The van der Waals surface area contributed by atoms with E-state index in [1.807, 2.05) is 18.3 Å². The summed E-state index contributed by atoms with van der Waals surface area (Å²) >= 11 is 13.0. The van der Waals surface area contributed by atoms with Gasteiger partial charge in [-0.2, -0.15) is 0 Å². The molecule has 4 aromatic rings. The van der Waals surface area contributed by atoms with E-state index in [2.05, 4.69) is 101 Å². The molecule has 0 spiro atoms. The molecule has 2 unspecified atom stereocenters. The molecule has 206 valence electrons. The highest BCUT2D eigenvalue weighted by molar-refractivity contribution is 7.80. The Morgan fingerprint density at radius 1 is 0.975 bits per heavy atom. The zero-order valence-electron chi connectivity index (χ0n) is 23.3. The second-order valence-electron chi connectivity index (χ2n) is 11.2. The number of pyridine rings is 1. The number of anilines is 2. The average Bonchev–Trinajstić information content (AvgIpc) is 3.45. The van der Waals surface area contributed by atoms with Crippen LogP contribution in [0.25, 0.3) is 0 Å². The van der Waals surface area contributed by atoms with Crippen LogP contribution in [0.3, 0.4) is 0 Å². The fraction of sp³-hybridized carbons (Fsp3) is 0.333. The fourth-order valence-corrected chi connectivity index (χ4v) is 6.88. The van der Waals surface area contributed by atoms with Crippen LogP contribution < -0.4 is 15.1 Å². The molecule has 2 aliphatic rings. The van der Waals surface area contributed by atoms with E-state index in [-0.39, 0.29) is 12.1 Å². The minimum absolute atomic E-state index is 0.0733. The first-order valence-corrected chi connectivity index (χ1v) is 14.9. The third-order valence-electron chi connectivity index (χ3n) is 8.55.